The molecule has 3 rings (SSSR count). The van der Waals surface area contributed by atoms with Gasteiger partial charge in [-0.3, -0.25) is 0 Å². The Morgan fingerprint density at radius 1 is 1.29 bits per heavy atom. The van der Waals surface area contributed by atoms with E-state index in [-0.39, 0.29) is 11.6 Å². The van der Waals surface area contributed by atoms with Crippen molar-refractivity contribution in [1.82, 2.24) is 15.1 Å². The lowest BCUT2D eigenvalue weighted by molar-refractivity contribution is 0.0588. The van der Waals surface area contributed by atoms with Crippen LogP contribution in [-0.4, -0.2) is 47.9 Å². The summed E-state index contributed by atoms with van der Waals surface area (Å²) >= 11 is 0. The Morgan fingerprint density at radius 2 is 2.00 bits per heavy atom. The van der Waals surface area contributed by atoms with Gasteiger partial charge in [-0.05, 0) is 38.3 Å². The van der Waals surface area contributed by atoms with Gasteiger partial charge in [0.25, 0.3) is 5.92 Å². The van der Waals surface area contributed by atoms with Crippen LogP contribution in [0.1, 0.15) is 33.1 Å². The highest BCUT2D eigenvalue weighted by molar-refractivity contribution is 5.77. The molecule has 0 bridgehead atoms. The van der Waals surface area contributed by atoms with Gasteiger partial charge < -0.3 is 15.1 Å². The molecule has 7 heteroatoms. The summed E-state index contributed by atoms with van der Waals surface area (Å²) < 4.78 is 27.2. The van der Waals surface area contributed by atoms with E-state index in [4.69, 9.17) is 5.26 Å². The number of allylic oxidation sites excluding steroid dienone is 6. The van der Waals surface area contributed by atoms with Crippen LogP contribution in [0.15, 0.2) is 47.3 Å². The monoisotopic (exact) mass is 388 g/mol. The average molecular weight is 388 g/mol. The minimum absolute atomic E-state index is 0.172. The summed E-state index contributed by atoms with van der Waals surface area (Å²) in [5.74, 6) is -2.79. The fraction of sp³-hybridized carbons (Fsp3) is 0.524. The standard InChI is InChI=1S/C21H26F2N4O/c1-20(15-24)8-6-17(7-9-20)25-19(28)27-12-10-26(11-13-27)18-5-3-4-16(14-18)21(2,22)23/h5-8,14H,3-4,9-13H2,1-2H3,(H,25,28). The van der Waals surface area contributed by atoms with Gasteiger partial charge in [0.2, 0.25) is 0 Å². The van der Waals surface area contributed by atoms with E-state index in [1.165, 1.54) is 0 Å². The predicted molar refractivity (Wildman–Crippen MR) is 103 cm³/mol. The number of hydrogen-bond donors (Lipinski definition) is 1. The first kappa shape index (κ1) is 20.1. The number of carbonyl (C=O) groups excluding carboxylic acids is 1. The molecule has 2 amide bonds. The summed E-state index contributed by atoms with van der Waals surface area (Å²) in [6.07, 6.45) is 10.6. The summed E-state index contributed by atoms with van der Waals surface area (Å²) in [5.41, 5.74) is 1.19. The van der Waals surface area contributed by atoms with Crippen molar-refractivity contribution in [3.8, 4) is 6.07 Å². The highest BCUT2D eigenvalue weighted by Gasteiger charge is 2.30. The first-order valence-electron chi connectivity index (χ1n) is 9.61. The summed E-state index contributed by atoms with van der Waals surface area (Å²) in [4.78, 5) is 16.3. The molecule has 0 saturated carbocycles. The molecule has 0 aromatic carbocycles. The summed E-state index contributed by atoms with van der Waals surface area (Å²) in [7, 11) is 0. The number of halogens is 2. The third-order valence-electron chi connectivity index (χ3n) is 5.47. The van der Waals surface area contributed by atoms with Gasteiger partial charge in [0, 0.05) is 50.1 Å². The normalized spacial score (nSPS) is 25.5. The van der Waals surface area contributed by atoms with Gasteiger partial charge in [-0.25, -0.2) is 13.6 Å². The van der Waals surface area contributed by atoms with E-state index in [1.54, 1.807) is 17.1 Å². The zero-order chi connectivity index (χ0) is 20.4. The van der Waals surface area contributed by atoms with Crippen LogP contribution in [0.5, 0.6) is 0 Å². The van der Waals surface area contributed by atoms with Crippen molar-refractivity contribution in [3.63, 3.8) is 0 Å². The molecule has 1 saturated heterocycles. The minimum atomic E-state index is -2.79. The van der Waals surface area contributed by atoms with Gasteiger partial charge in [0.15, 0.2) is 0 Å². The zero-order valence-electron chi connectivity index (χ0n) is 16.3. The number of amides is 2. The van der Waals surface area contributed by atoms with E-state index in [2.05, 4.69) is 16.3 Å². The summed E-state index contributed by atoms with van der Waals surface area (Å²) in [5, 5.41) is 12.0. The maximum Gasteiger partial charge on any atom is 0.321 e. The molecule has 0 aromatic heterocycles. The number of nitrogens with zero attached hydrogens (tertiary/aromatic N) is 3. The lowest BCUT2D eigenvalue weighted by Crippen LogP contribution is -2.51. The molecule has 1 unspecified atom stereocenters. The second kappa shape index (κ2) is 7.78. The third-order valence-corrected chi connectivity index (χ3v) is 5.47. The molecular weight excluding hydrogens is 362 g/mol. The second-order valence-electron chi connectivity index (χ2n) is 7.86. The van der Waals surface area contributed by atoms with Crippen molar-refractivity contribution < 1.29 is 13.6 Å². The second-order valence-corrected chi connectivity index (χ2v) is 7.86. The smallest absolute Gasteiger partial charge is 0.321 e. The van der Waals surface area contributed by atoms with Crippen LogP contribution in [0.25, 0.3) is 0 Å². The molecule has 1 heterocycles. The number of hydrogen-bond acceptors (Lipinski definition) is 3. The number of piperazine rings is 1. The Hall–Kier alpha value is -2.62. The van der Waals surface area contributed by atoms with Gasteiger partial charge in [-0.15, -0.1) is 0 Å². The van der Waals surface area contributed by atoms with Crippen molar-refractivity contribution in [3.05, 3.63) is 47.3 Å². The number of urea groups is 1. The molecule has 1 N–H and O–H groups in total. The summed E-state index contributed by atoms with van der Waals surface area (Å²) in [6, 6.07) is 2.07. The van der Waals surface area contributed by atoms with Crippen molar-refractivity contribution in [2.45, 2.75) is 39.0 Å². The Balaban J connectivity index is 1.53. The van der Waals surface area contributed by atoms with E-state index in [0.29, 0.717) is 51.1 Å². The van der Waals surface area contributed by atoms with Crippen LogP contribution < -0.4 is 5.32 Å². The maximum absolute atomic E-state index is 13.6. The Kier molecular flexibility index (Phi) is 5.59. The predicted octanol–water partition coefficient (Wildman–Crippen LogP) is 3.95. The number of rotatable bonds is 3. The van der Waals surface area contributed by atoms with Crippen LogP contribution >= 0.6 is 0 Å². The van der Waals surface area contributed by atoms with Crippen LogP contribution in [-0.2, 0) is 0 Å². The number of alkyl halides is 2. The third kappa shape index (κ3) is 4.61. The van der Waals surface area contributed by atoms with Crippen LogP contribution in [0.4, 0.5) is 13.6 Å². The molecule has 150 valence electrons. The Labute approximate surface area is 164 Å². The van der Waals surface area contributed by atoms with E-state index in [0.717, 1.165) is 12.6 Å². The van der Waals surface area contributed by atoms with Crippen molar-refractivity contribution >= 4 is 6.03 Å². The van der Waals surface area contributed by atoms with Gasteiger partial charge in [-0.1, -0.05) is 18.2 Å². The molecule has 3 aliphatic rings. The molecule has 0 spiro atoms. The first-order valence-corrected chi connectivity index (χ1v) is 9.61. The first-order chi connectivity index (χ1) is 13.2. The molecule has 28 heavy (non-hydrogen) atoms. The molecule has 5 nitrogen and oxygen atoms in total. The quantitative estimate of drug-likeness (QED) is 0.797. The lowest BCUT2D eigenvalue weighted by Gasteiger charge is -2.38. The molecule has 2 aliphatic carbocycles. The lowest BCUT2D eigenvalue weighted by atomic mass is 9.85. The largest absolute Gasteiger partial charge is 0.368 e. The van der Waals surface area contributed by atoms with Gasteiger partial charge >= 0.3 is 6.03 Å². The van der Waals surface area contributed by atoms with Crippen molar-refractivity contribution in [1.29, 1.82) is 5.26 Å². The fourth-order valence-corrected chi connectivity index (χ4v) is 3.53. The average Bonchev–Trinajstić information content (AvgIpc) is 2.69. The molecular formula is C21H26F2N4O. The topological polar surface area (TPSA) is 59.4 Å². The maximum atomic E-state index is 13.6. The van der Waals surface area contributed by atoms with E-state index in [1.807, 2.05) is 25.2 Å². The number of nitrogens with one attached hydrogen (secondary N) is 1. The number of carbonyl (C=O) groups is 1. The SMILES string of the molecule is CC1(C#N)C=CC(NC(=O)N2CCN(C3=CCCC(C(C)(F)F)=C3)CC2)=CC1. The van der Waals surface area contributed by atoms with E-state index >= 15 is 0 Å². The van der Waals surface area contributed by atoms with Gasteiger partial charge in [0.1, 0.15) is 0 Å². The Morgan fingerprint density at radius 3 is 2.57 bits per heavy atom. The van der Waals surface area contributed by atoms with Crippen LogP contribution in [0.3, 0.4) is 0 Å². The Bertz CT molecular complexity index is 792. The highest BCUT2D eigenvalue weighted by atomic mass is 19.3. The minimum Gasteiger partial charge on any atom is -0.368 e. The molecule has 1 aliphatic heterocycles. The molecule has 1 fully saturated rings. The van der Waals surface area contributed by atoms with Gasteiger partial charge in [0.05, 0.1) is 11.5 Å². The van der Waals surface area contributed by atoms with E-state index < -0.39 is 11.3 Å². The summed E-state index contributed by atoms with van der Waals surface area (Å²) in [6.45, 7) is 5.08. The molecule has 0 aromatic rings. The van der Waals surface area contributed by atoms with Gasteiger partial charge in [-0.2, -0.15) is 5.26 Å². The van der Waals surface area contributed by atoms with Crippen LogP contribution in [0.2, 0.25) is 0 Å². The molecule has 0 radical (unpaired) electrons. The van der Waals surface area contributed by atoms with Crippen LogP contribution in [0, 0.1) is 16.7 Å². The van der Waals surface area contributed by atoms with E-state index in [9.17, 15) is 13.6 Å². The van der Waals surface area contributed by atoms with Crippen molar-refractivity contribution in [2.75, 3.05) is 26.2 Å². The highest BCUT2D eigenvalue weighted by Crippen LogP contribution is 2.32. The zero-order valence-corrected chi connectivity index (χ0v) is 16.3. The fourth-order valence-electron chi connectivity index (χ4n) is 3.53. The number of nitriles is 1. The molecule has 1 atom stereocenters. The van der Waals surface area contributed by atoms with Crippen molar-refractivity contribution in [2.24, 2.45) is 5.41 Å².